The molecule has 0 aromatic heterocycles. The standard InChI is InChI=1S/C22H25FN2O5/c1-22(2,15-30-14-16-6-4-3-5-7-16)9-8-17-10-21(25(28)29)19(23)11-20(17)24-12-18(27)13-26/h3-7,10-11,18,24,26-27H,12-15H2,1-2H3. The zero-order valence-electron chi connectivity index (χ0n) is 16.9. The quantitative estimate of drug-likeness (QED) is 0.330. The van der Waals surface area contributed by atoms with Gasteiger partial charge in [0.05, 0.1) is 42.1 Å². The van der Waals surface area contributed by atoms with E-state index in [1.165, 1.54) is 0 Å². The number of ether oxygens (including phenoxy) is 1. The molecule has 1 atom stereocenters. The molecule has 8 heteroatoms. The average molecular weight is 416 g/mol. The van der Waals surface area contributed by atoms with Gasteiger partial charge in [-0.2, -0.15) is 4.39 Å². The minimum absolute atomic E-state index is 0.0635. The fraction of sp³-hybridized carbons (Fsp3) is 0.364. The van der Waals surface area contributed by atoms with Crippen LogP contribution in [0, 0.1) is 33.2 Å². The molecule has 2 rings (SSSR count). The summed E-state index contributed by atoms with van der Waals surface area (Å²) in [5, 5.41) is 32.3. The molecule has 0 aliphatic carbocycles. The monoisotopic (exact) mass is 416 g/mol. The molecule has 3 N–H and O–H groups in total. The summed E-state index contributed by atoms with van der Waals surface area (Å²) in [7, 11) is 0. The molecule has 0 saturated heterocycles. The molecule has 0 spiro atoms. The molecule has 2 aromatic rings. The first-order valence-electron chi connectivity index (χ1n) is 9.37. The molecule has 0 amide bonds. The normalized spacial score (nSPS) is 12.0. The second-order valence-electron chi connectivity index (χ2n) is 7.44. The van der Waals surface area contributed by atoms with Gasteiger partial charge in [0.1, 0.15) is 0 Å². The van der Waals surface area contributed by atoms with E-state index < -0.39 is 34.6 Å². The van der Waals surface area contributed by atoms with Crippen molar-refractivity contribution in [3.05, 3.63) is 69.5 Å². The van der Waals surface area contributed by atoms with E-state index in [0.29, 0.717) is 13.2 Å². The topological polar surface area (TPSA) is 105 Å². The Morgan fingerprint density at radius 3 is 2.63 bits per heavy atom. The second kappa shape index (κ2) is 10.7. The van der Waals surface area contributed by atoms with Crippen LogP contribution in [0.25, 0.3) is 0 Å². The van der Waals surface area contributed by atoms with E-state index in [-0.39, 0.29) is 17.8 Å². The van der Waals surface area contributed by atoms with E-state index >= 15 is 0 Å². The third kappa shape index (κ3) is 7.12. The molecule has 0 saturated carbocycles. The number of benzene rings is 2. The van der Waals surface area contributed by atoms with E-state index in [9.17, 15) is 19.6 Å². The predicted molar refractivity (Wildman–Crippen MR) is 111 cm³/mol. The summed E-state index contributed by atoms with van der Waals surface area (Å²) in [6.45, 7) is 3.95. The summed E-state index contributed by atoms with van der Waals surface area (Å²) in [6.07, 6.45) is -1.06. The Hall–Kier alpha value is -2.99. The minimum Gasteiger partial charge on any atom is -0.394 e. The second-order valence-corrected chi connectivity index (χ2v) is 7.44. The zero-order valence-corrected chi connectivity index (χ0v) is 16.9. The third-order valence-electron chi connectivity index (χ3n) is 4.13. The van der Waals surface area contributed by atoms with E-state index in [2.05, 4.69) is 17.2 Å². The van der Waals surface area contributed by atoms with Crippen LogP contribution in [0.2, 0.25) is 0 Å². The van der Waals surface area contributed by atoms with Crippen molar-refractivity contribution in [2.24, 2.45) is 5.41 Å². The van der Waals surface area contributed by atoms with Crippen LogP contribution in [0.15, 0.2) is 42.5 Å². The van der Waals surface area contributed by atoms with Gasteiger partial charge in [0.2, 0.25) is 5.82 Å². The summed E-state index contributed by atoms with van der Waals surface area (Å²) < 4.78 is 19.8. The van der Waals surface area contributed by atoms with Crippen LogP contribution in [0.3, 0.4) is 0 Å². The van der Waals surface area contributed by atoms with Crippen molar-refractivity contribution in [1.29, 1.82) is 0 Å². The summed E-state index contributed by atoms with van der Waals surface area (Å²) >= 11 is 0. The fourth-order valence-corrected chi connectivity index (χ4v) is 2.51. The highest BCUT2D eigenvalue weighted by molar-refractivity contribution is 5.63. The Bertz CT molecular complexity index is 922. The van der Waals surface area contributed by atoms with E-state index in [4.69, 9.17) is 9.84 Å². The van der Waals surface area contributed by atoms with Crippen molar-refractivity contribution in [2.75, 3.05) is 25.1 Å². The molecule has 160 valence electrons. The maximum Gasteiger partial charge on any atom is 0.306 e. The third-order valence-corrected chi connectivity index (χ3v) is 4.13. The van der Waals surface area contributed by atoms with E-state index in [1.54, 1.807) is 0 Å². The number of aliphatic hydroxyl groups excluding tert-OH is 2. The number of nitrogens with one attached hydrogen (secondary N) is 1. The van der Waals surface area contributed by atoms with Crippen LogP contribution in [0.1, 0.15) is 25.0 Å². The smallest absolute Gasteiger partial charge is 0.306 e. The summed E-state index contributed by atoms with van der Waals surface area (Å²) in [5.41, 5.74) is 0.179. The largest absolute Gasteiger partial charge is 0.394 e. The van der Waals surface area contributed by atoms with E-state index in [0.717, 1.165) is 17.7 Å². The lowest BCUT2D eigenvalue weighted by molar-refractivity contribution is -0.387. The number of anilines is 1. The summed E-state index contributed by atoms with van der Waals surface area (Å²) in [6, 6.07) is 11.7. The zero-order chi connectivity index (χ0) is 22.1. The minimum atomic E-state index is -1.06. The van der Waals surface area contributed by atoms with Crippen LogP contribution in [0.5, 0.6) is 0 Å². The summed E-state index contributed by atoms with van der Waals surface area (Å²) in [5.74, 6) is 4.86. The number of rotatable bonds is 9. The van der Waals surface area contributed by atoms with Gasteiger partial charge in [-0.25, -0.2) is 0 Å². The Balaban J connectivity index is 2.18. The Morgan fingerprint density at radius 2 is 2.00 bits per heavy atom. The lowest BCUT2D eigenvalue weighted by atomic mass is 9.95. The van der Waals surface area contributed by atoms with Gasteiger partial charge in [-0.1, -0.05) is 42.2 Å². The van der Waals surface area contributed by atoms with Gasteiger partial charge in [0, 0.05) is 24.1 Å². The van der Waals surface area contributed by atoms with Gasteiger partial charge < -0.3 is 20.3 Å². The van der Waals surface area contributed by atoms with Crippen molar-refractivity contribution in [2.45, 2.75) is 26.6 Å². The number of nitro benzene ring substituents is 1. The van der Waals surface area contributed by atoms with Crippen molar-refractivity contribution < 1.29 is 24.3 Å². The molecule has 7 nitrogen and oxygen atoms in total. The Morgan fingerprint density at radius 1 is 1.30 bits per heavy atom. The van der Waals surface area contributed by atoms with Crippen LogP contribution < -0.4 is 5.32 Å². The van der Waals surface area contributed by atoms with Gasteiger partial charge in [0.15, 0.2) is 0 Å². The van der Waals surface area contributed by atoms with E-state index in [1.807, 2.05) is 44.2 Å². The lowest BCUT2D eigenvalue weighted by Crippen LogP contribution is -2.23. The van der Waals surface area contributed by atoms with Gasteiger partial charge in [-0.3, -0.25) is 10.1 Å². The van der Waals surface area contributed by atoms with Crippen molar-refractivity contribution in [1.82, 2.24) is 0 Å². The van der Waals surface area contributed by atoms with Gasteiger partial charge in [-0.15, -0.1) is 0 Å². The fourth-order valence-electron chi connectivity index (χ4n) is 2.51. The molecular formula is C22H25FN2O5. The average Bonchev–Trinajstić information content (AvgIpc) is 2.71. The molecule has 1 unspecified atom stereocenters. The number of hydrogen-bond donors (Lipinski definition) is 3. The highest BCUT2D eigenvalue weighted by Gasteiger charge is 2.19. The first-order valence-corrected chi connectivity index (χ1v) is 9.37. The van der Waals surface area contributed by atoms with Crippen molar-refractivity contribution >= 4 is 11.4 Å². The number of nitro groups is 1. The summed E-state index contributed by atoms with van der Waals surface area (Å²) in [4.78, 5) is 10.3. The number of hydrogen-bond acceptors (Lipinski definition) is 6. The molecule has 0 aliphatic rings. The first kappa shape index (κ1) is 23.3. The Kier molecular flexibility index (Phi) is 8.30. The molecule has 0 aliphatic heterocycles. The number of halogens is 1. The van der Waals surface area contributed by atoms with Gasteiger partial charge >= 0.3 is 5.69 Å². The maximum atomic E-state index is 14.0. The van der Waals surface area contributed by atoms with Crippen LogP contribution in [0.4, 0.5) is 15.8 Å². The highest BCUT2D eigenvalue weighted by Crippen LogP contribution is 2.26. The highest BCUT2D eigenvalue weighted by atomic mass is 19.1. The lowest BCUT2D eigenvalue weighted by Gasteiger charge is -2.18. The molecule has 0 radical (unpaired) electrons. The van der Waals surface area contributed by atoms with Crippen LogP contribution >= 0.6 is 0 Å². The SMILES string of the molecule is CC(C)(C#Cc1cc([N+](=O)[O-])c(F)cc1NCC(O)CO)COCc1ccccc1. The molecule has 0 fully saturated rings. The molecule has 0 bridgehead atoms. The van der Waals surface area contributed by atoms with Crippen LogP contribution in [-0.4, -0.2) is 41.0 Å². The molecule has 0 heterocycles. The first-order chi connectivity index (χ1) is 14.2. The maximum absolute atomic E-state index is 14.0. The van der Waals surface area contributed by atoms with Gasteiger partial charge in [0.25, 0.3) is 0 Å². The Labute approximate surface area is 174 Å². The van der Waals surface area contributed by atoms with Crippen LogP contribution in [-0.2, 0) is 11.3 Å². The predicted octanol–water partition coefficient (Wildman–Crippen LogP) is 3.09. The molecule has 2 aromatic carbocycles. The molecular weight excluding hydrogens is 391 g/mol. The van der Waals surface area contributed by atoms with Gasteiger partial charge in [-0.05, 0) is 19.4 Å². The molecule has 30 heavy (non-hydrogen) atoms. The van der Waals surface area contributed by atoms with Crippen molar-refractivity contribution in [3.63, 3.8) is 0 Å². The number of nitrogens with zero attached hydrogens (tertiary/aromatic N) is 1. The van der Waals surface area contributed by atoms with Crippen molar-refractivity contribution in [3.8, 4) is 11.8 Å². The number of aliphatic hydroxyl groups is 2.